The zero-order chi connectivity index (χ0) is 14.5. The van der Waals surface area contributed by atoms with Gasteiger partial charge in [0.2, 0.25) is 0 Å². The second kappa shape index (κ2) is 7.01. The van der Waals surface area contributed by atoms with E-state index < -0.39 is 12.6 Å². The molecule has 0 saturated carbocycles. The van der Waals surface area contributed by atoms with Gasteiger partial charge in [-0.2, -0.15) is 0 Å². The summed E-state index contributed by atoms with van der Waals surface area (Å²) < 4.78 is 11.1. The molecule has 0 aliphatic rings. The summed E-state index contributed by atoms with van der Waals surface area (Å²) in [5.74, 6) is -0.835. The highest BCUT2D eigenvalue weighted by atomic mass is 32.5. The van der Waals surface area contributed by atoms with E-state index in [0.29, 0.717) is 6.61 Å². The molecule has 1 aromatic carbocycles. The third kappa shape index (κ3) is 4.91. The van der Waals surface area contributed by atoms with Crippen molar-refractivity contribution in [3.63, 3.8) is 0 Å². The zero-order valence-electron chi connectivity index (χ0n) is 11.1. The van der Waals surface area contributed by atoms with E-state index >= 15 is 0 Å². The van der Waals surface area contributed by atoms with Gasteiger partial charge < -0.3 is 14.2 Å². The molecule has 0 saturated heterocycles. The Labute approximate surface area is 118 Å². The molecule has 7 heteroatoms. The minimum Gasteiger partial charge on any atom is -0.478 e. The summed E-state index contributed by atoms with van der Waals surface area (Å²) in [7, 11) is 0. The second-order valence-corrected chi connectivity index (χ2v) is 7.23. The fourth-order valence-corrected chi connectivity index (χ4v) is 4.19. The van der Waals surface area contributed by atoms with E-state index in [0.717, 1.165) is 0 Å². The molecule has 0 heterocycles. The Morgan fingerprint density at radius 3 is 2.63 bits per heavy atom. The summed E-state index contributed by atoms with van der Waals surface area (Å²) in [6.45, 7) is 3.31. The Morgan fingerprint density at radius 1 is 1.47 bits per heavy atom. The molecule has 106 valence electrons. The summed E-state index contributed by atoms with van der Waals surface area (Å²) in [5, 5.41) is 12.2. The first kappa shape index (κ1) is 16.1. The van der Waals surface area contributed by atoms with Gasteiger partial charge in [-0.25, -0.2) is 9.88 Å². The zero-order valence-corrected chi connectivity index (χ0v) is 12.8. The molecular weight excluding hydrogens is 285 g/mol. The van der Waals surface area contributed by atoms with Crippen LogP contribution in [0.15, 0.2) is 24.3 Å². The van der Waals surface area contributed by atoms with Crippen molar-refractivity contribution in [1.82, 2.24) is 5.09 Å². The number of rotatable bonds is 7. The maximum absolute atomic E-state index is 11.1. The molecule has 0 aromatic heterocycles. The van der Waals surface area contributed by atoms with E-state index in [4.69, 9.17) is 26.0 Å². The lowest BCUT2D eigenvalue weighted by Gasteiger charge is -2.25. The summed E-state index contributed by atoms with van der Waals surface area (Å²) in [6.07, 6.45) is 0. The van der Waals surface area contributed by atoms with Crippen LogP contribution in [-0.4, -0.2) is 23.7 Å². The fourth-order valence-electron chi connectivity index (χ4n) is 1.43. The van der Waals surface area contributed by atoms with Crippen LogP contribution < -0.4 is 9.61 Å². The predicted molar refractivity (Wildman–Crippen MR) is 78.2 cm³/mol. The highest BCUT2D eigenvalue weighted by Gasteiger charge is 2.23. The SMILES string of the molecule is CCOP(=S)(NC(C)C)Oc1ccccc1C(=O)O. The van der Waals surface area contributed by atoms with Crippen LogP contribution in [-0.2, 0) is 16.3 Å². The van der Waals surface area contributed by atoms with Crippen molar-refractivity contribution in [1.29, 1.82) is 0 Å². The van der Waals surface area contributed by atoms with Crippen molar-refractivity contribution in [3.05, 3.63) is 29.8 Å². The first-order valence-corrected chi connectivity index (χ1v) is 8.56. The number of carboxylic acids is 1. The van der Waals surface area contributed by atoms with Gasteiger partial charge in [-0.15, -0.1) is 0 Å². The summed E-state index contributed by atoms with van der Waals surface area (Å²) >= 11 is 5.37. The van der Waals surface area contributed by atoms with Crippen LogP contribution >= 0.6 is 6.64 Å². The Balaban J connectivity index is 3.03. The van der Waals surface area contributed by atoms with Gasteiger partial charge in [-0.1, -0.05) is 12.1 Å². The van der Waals surface area contributed by atoms with Crippen molar-refractivity contribution in [2.75, 3.05) is 6.61 Å². The average Bonchev–Trinajstić information content (AvgIpc) is 2.27. The van der Waals surface area contributed by atoms with Crippen LogP contribution in [0, 0.1) is 0 Å². The molecule has 1 aromatic rings. The fraction of sp³-hybridized carbons (Fsp3) is 0.417. The highest BCUT2D eigenvalue weighted by Crippen LogP contribution is 2.45. The van der Waals surface area contributed by atoms with E-state index in [1.165, 1.54) is 6.07 Å². The molecule has 0 aliphatic carbocycles. The number of para-hydroxylation sites is 1. The van der Waals surface area contributed by atoms with Gasteiger partial charge in [0, 0.05) is 6.04 Å². The average molecular weight is 303 g/mol. The topological polar surface area (TPSA) is 67.8 Å². The molecule has 0 amide bonds. The van der Waals surface area contributed by atoms with Crippen LogP contribution in [0.2, 0.25) is 0 Å². The van der Waals surface area contributed by atoms with Crippen molar-refractivity contribution in [2.24, 2.45) is 0 Å². The van der Waals surface area contributed by atoms with Crippen LogP contribution in [0.5, 0.6) is 5.75 Å². The van der Waals surface area contributed by atoms with Gasteiger partial charge in [0.15, 0.2) is 0 Å². The normalized spacial score (nSPS) is 14.1. The van der Waals surface area contributed by atoms with Crippen LogP contribution in [0.3, 0.4) is 0 Å². The van der Waals surface area contributed by atoms with Crippen molar-refractivity contribution >= 4 is 24.4 Å². The Bertz CT molecular complexity index is 492. The summed E-state index contributed by atoms with van der Waals surface area (Å²) in [5.41, 5.74) is 0.0713. The molecule has 2 N–H and O–H groups in total. The van der Waals surface area contributed by atoms with Crippen molar-refractivity contribution < 1.29 is 18.9 Å². The quantitative estimate of drug-likeness (QED) is 0.755. The largest absolute Gasteiger partial charge is 0.478 e. The monoisotopic (exact) mass is 303 g/mol. The number of carbonyl (C=O) groups is 1. The Hall–Kier alpha value is -0.940. The number of aromatic carboxylic acids is 1. The number of hydrogen-bond donors (Lipinski definition) is 2. The lowest BCUT2D eigenvalue weighted by molar-refractivity contribution is 0.0695. The molecule has 0 bridgehead atoms. The highest BCUT2D eigenvalue weighted by molar-refractivity contribution is 8.09. The minimum absolute atomic E-state index is 0.0713. The third-order valence-corrected chi connectivity index (χ3v) is 4.78. The first-order valence-electron chi connectivity index (χ1n) is 5.92. The maximum atomic E-state index is 11.1. The molecule has 1 atom stereocenters. The number of nitrogens with one attached hydrogen (secondary N) is 1. The minimum atomic E-state index is -2.74. The molecule has 5 nitrogen and oxygen atoms in total. The van der Waals surface area contributed by atoms with Crippen molar-refractivity contribution in [2.45, 2.75) is 26.8 Å². The standard InChI is InChI=1S/C12H18NO4PS/c1-4-16-18(19,13-9(2)3)17-11-8-6-5-7-10(11)12(14)15/h5-9H,4H2,1-3H3,(H,13,19)(H,14,15). The van der Waals surface area contributed by atoms with E-state index in [-0.39, 0.29) is 17.4 Å². The number of carboxylic acid groups (broad SMARTS) is 1. The Kier molecular flexibility index (Phi) is 5.94. The van der Waals surface area contributed by atoms with Crippen LogP contribution in [0.4, 0.5) is 0 Å². The number of hydrogen-bond acceptors (Lipinski definition) is 4. The van der Waals surface area contributed by atoms with E-state index in [2.05, 4.69) is 5.09 Å². The Morgan fingerprint density at radius 2 is 2.11 bits per heavy atom. The summed E-state index contributed by atoms with van der Waals surface area (Å²) in [6, 6.07) is 6.46. The first-order chi connectivity index (χ1) is 8.88. The molecule has 0 fully saturated rings. The molecular formula is C12H18NO4PS. The van der Waals surface area contributed by atoms with Gasteiger partial charge >= 0.3 is 12.6 Å². The molecule has 1 rings (SSSR count). The van der Waals surface area contributed by atoms with Gasteiger partial charge in [-0.3, -0.25) is 0 Å². The maximum Gasteiger partial charge on any atom is 0.339 e. The molecule has 0 aliphatic heterocycles. The van der Waals surface area contributed by atoms with E-state index in [1.54, 1.807) is 18.2 Å². The molecule has 1 unspecified atom stereocenters. The number of benzene rings is 1. The molecule has 0 radical (unpaired) electrons. The van der Waals surface area contributed by atoms with Gasteiger partial charge in [0.25, 0.3) is 0 Å². The van der Waals surface area contributed by atoms with Gasteiger partial charge in [0.05, 0.1) is 6.61 Å². The van der Waals surface area contributed by atoms with Crippen LogP contribution in [0.1, 0.15) is 31.1 Å². The third-order valence-electron chi connectivity index (χ3n) is 2.05. The van der Waals surface area contributed by atoms with E-state index in [9.17, 15) is 4.79 Å². The van der Waals surface area contributed by atoms with E-state index in [1.807, 2.05) is 20.8 Å². The summed E-state index contributed by atoms with van der Waals surface area (Å²) in [4.78, 5) is 11.1. The molecule has 0 spiro atoms. The smallest absolute Gasteiger partial charge is 0.339 e. The lowest BCUT2D eigenvalue weighted by atomic mass is 10.2. The lowest BCUT2D eigenvalue weighted by Crippen LogP contribution is -2.24. The van der Waals surface area contributed by atoms with Gasteiger partial charge in [-0.05, 0) is 44.7 Å². The van der Waals surface area contributed by atoms with Crippen LogP contribution in [0.25, 0.3) is 0 Å². The van der Waals surface area contributed by atoms with Gasteiger partial charge in [0.1, 0.15) is 11.3 Å². The van der Waals surface area contributed by atoms with Crippen molar-refractivity contribution in [3.8, 4) is 5.75 Å². The second-order valence-electron chi connectivity index (χ2n) is 4.09. The predicted octanol–water partition coefficient (Wildman–Crippen LogP) is 3.02. The molecule has 19 heavy (non-hydrogen) atoms.